The van der Waals surface area contributed by atoms with Gasteiger partial charge in [0.1, 0.15) is 5.75 Å². The van der Waals surface area contributed by atoms with E-state index in [0.717, 1.165) is 29.9 Å². The van der Waals surface area contributed by atoms with Gasteiger partial charge in [-0.05, 0) is 29.7 Å². The molecule has 0 radical (unpaired) electrons. The van der Waals surface area contributed by atoms with Crippen LogP contribution in [0.15, 0.2) is 54.6 Å². The number of aliphatic hydroxyl groups is 1. The maximum Gasteiger partial charge on any atom is 0.119 e. The maximum atomic E-state index is 10.1. The first kappa shape index (κ1) is 15.5. The molecule has 0 heterocycles. The zero-order valence-corrected chi connectivity index (χ0v) is 12.5. The van der Waals surface area contributed by atoms with Crippen LogP contribution in [0.2, 0.25) is 0 Å². The quantitative estimate of drug-likeness (QED) is 0.782. The van der Waals surface area contributed by atoms with Crippen LogP contribution < -0.4 is 10.1 Å². The fourth-order valence-corrected chi connectivity index (χ4v) is 2.11. The van der Waals surface area contributed by atoms with Crippen LogP contribution in [0.5, 0.6) is 5.75 Å². The molecule has 0 bridgehead atoms. The first-order valence-electron chi connectivity index (χ1n) is 7.45. The van der Waals surface area contributed by atoms with Crippen molar-refractivity contribution >= 4 is 0 Å². The summed E-state index contributed by atoms with van der Waals surface area (Å²) in [4.78, 5) is 0. The van der Waals surface area contributed by atoms with E-state index in [-0.39, 0.29) is 0 Å². The Morgan fingerprint density at radius 3 is 2.67 bits per heavy atom. The summed E-state index contributed by atoms with van der Waals surface area (Å²) in [6.45, 7) is 4.08. The number of ether oxygens (including phenoxy) is 1. The Morgan fingerprint density at radius 2 is 1.90 bits per heavy atom. The van der Waals surface area contributed by atoms with E-state index in [1.54, 1.807) is 0 Å². The first-order valence-corrected chi connectivity index (χ1v) is 7.45. The fourth-order valence-electron chi connectivity index (χ4n) is 2.11. The van der Waals surface area contributed by atoms with Crippen molar-refractivity contribution < 1.29 is 9.84 Å². The second-order valence-corrected chi connectivity index (χ2v) is 5.05. The monoisotopic (exact) mass is 285 g/mol. The van der Waals surface area contributed by atoms with Gasteiger partial charge in [-0.1, -0.05) is 49.4 Å². The lowest BCUT2D eigenvalue weighted by Gasteiger charge is -2.12. The third kappa shape index (κ3) is 5.21. The zero-order chi connectivity index (χ0) is 14.9. The molecule has 0 aliphatic rings. The van der Waals surface area contributed by atoms with Gasteiger partial charge in [-0.25, -0.2) is 0 Å². The number of rotatable bonds is 8. The molecule has 3 heteroatoms. The molecule has 2 N–H and O–H groups in total. The van der Waals surface area contributed by atoms with Gasteiger partial charge in [0.25, 0.3) is 0 Å². The first-order chi connectivity index (χ1) is 10.3. The van der Waals surface area contributed by atoms with Gasteiger partial charge in [-0.2, -0.15) is 0 Å². The molecule has 1 atom stereocenters. The van der Waals surface area contributed by atoms with E-state index in [0.29, 0.717) is 13.1 Å². The summed E-state index contributed by atoms with van der Waals surface area (Å²) in [5.41, 5.74) is 2.09. The van der Waals surface area contributed by atoms with Crippen LogP contribution in [0.25, 0.3) is 0 Å². The average molecular weight is 285 g/mol. The van der Waals surface area contributed by atoms with Gasteiger partial charge in [0.2, 0.25) is 0 Å². The standard InChI is InChI=1S/C18H23NO2/c1-2-11-21-17-10-6-7-15(12-17)13-19-14-18(20)16-8-4-3-5-9-16/h3-10,12,18-20H,2,11,13-14H2,1H3/t18-/m0/s1. The molecule has 2 rings (SSSR count). The van der Waals surface area contributed by atoms with Crippen LogP contribution in [0.4, 0.5) is 0 Å². The van der Waals surface area contributed by atoms with Crippen LogP contribution in [0.1, 0.15) is 30.6 Å². The van der Waals surface area contributed by atoms with Crippen molar-refractivity contribution in [3.63, 3.8) is 0 Å². The molecular weight excluding hydrogens is 262 g/mol. The lowest BCUT2D eigenvalue weighted by Crippen LogP contribution is -2.21. The maximum absolute atomic E-state index is 10.1. The van der Waals surface area contributed by atoms with Crippen molar-refractivity contribution in [1.29, 1.82) is 0 Å². The third-order valence-corrected chi connectivity index (χ3v) is 3.22. The Bertz CT molecular complexity index is 528. The number of hydrogen-bond donors (Lipinski definition) is 2. The average Bonchev–Trinajstić information content (AvgIpc) is 2.54. The van der Waals surface area contributed by atoms with Crippen molar-refractivity contribution in [2.75, 3.05) is 13.2 Å². The number of benzene rings is 2. The van der Waals surface area contributed by atoms with E-state index >= 15 is 0 Å². The van der Waals surface area contributed by atoms with Crippen LogP contribution >= 0.6 is 0 Å². The molecular formula is C18H23NO2. The molecule has 0 aliphatic carbocycles. The largest absolute Gasteiger partial charge is 0.494 e. The fraction of sp³-hybridized carbons (Fsp3) is 0.333. The molecule has 21 heavy (non-hydrogen) atoms. The van der Waals surface area contributed by atoms with Gasteiger partial charge in [0.05, 0.1) is 12.7 Å². The molecule has 0 aliphatic heterocycles. The van der Waals surface area contributed by atoms with Gasteiger partial charge in [-0.15, -0.1) is 0 Å². The minimum atomic E-state index is -0.481. The van der Waals surface area contributed by atoms with E-state index in [4.69, 9.17) is 4.74 Å². The van der Waals surface area contributed by atoms with E-state index in [1.165, 1.54) is 0 Å². The molecule has 0 saturated carbocycles. The molecule has 112 valence electrons. The normalized spacial score (nSPS) is 12.1. The molecule has 0 amide bonds. The zero-order valence-electron chi connectivity index (χ0n) is 12.5. The van der Waals surface area contributed by atoms with Gasteiger partial charge < -0.3 is 15.2 Å². The molecule has 2 aromatic rings. The summed E-state index contributed by atoms with van der Waals surface area (Å²) in [5, 5.41) is 13.4. The number of nitrogens with one attached hydrogen (secondary N) is 1. The minimum Gasteiger partial charge on any atom is -0.494 e. The Balaban J connectivity index is 1.80. The highest BCUT2D eigenvalue weighted by atomic mass is 16.5. The van der Waals surface area contributed by atoms with E-state index in [2.05, 4.69) is 18.3 Å². The number of hydrogen-bond acceptors (Lipinski definition) is 3. The van der Waals surface area contributed by atoms with Crippen LogP contribution in [-0.4, -0.2) is 18.3 Å². The lowest BCUT2D eigenvalue weighted by atomic mass is 10.1. The topological polar surface area (TPSA) is 41.5 Å². The van der Waals surface area contributed by atoms with E-state index in [1.807, 2.05) is 48.5 Å². The van der Waals surface area contributed by atoms with Gasteiger partial charge in [-0.3, -0.25) is 0 Å². The molecule has 0 saturated heterocycles. The van der Waals surface area contributed by atoms with Gasteiger partial charge in [0, 0.05) is 13.1 Å². The van der Waals surface area contributed by atoms with E-state index < -0.39 is 6.10 Å². The molecule has 0 unspecified atom stereocenters. The summed E-state index contributed by atoms with van der Waals surface area (Å²) < 4.78 is 5.62. The van der Waals surface area contributed by atoms with Crippen molar-refractivity contribution in [1.82, 2.24) is 5.32 Å². The predicted octanol–water partition coefficient (Wildman–Crippen LogP) is 3.30. The summed E-state index contributed by atoms with van der Waals surface area (Å²) >= 11 is 0. The third-order valence-electron chi connectivity index (χ3n) is 3.22. The SMILES string of the molecule is CCCOc1cccc(CNC[C@H](O)c2ccccc2)c1. The summed E-state index contributed by atoms with van der Waals surface area (Å²) in [7, 11) is 0. The summed E-state index contributed by atoms with van der Waals surface area (Å²) in [5.74, 6) is 0.903. The van der Waals surface area contributed by atoms with Crippen molar-refractivity contribution in [3.05, 3.63) is 65.7 Å². The Hall–Kier alpha value is -1.84. The second-order valence-electron chi connectivity index (χ2n) is 5.05. The highest BCUT2D eigenvalue weighted by Crippen LogP contribution is 2.14. The number of aliphatic hydroxyl groups excluding tert-OH is 1. The summed E-state index contributed by atoms with van der Waals surface area (Å²) in [6, 6.07) is 17.8. The van der Waals surface area contributed by atoms with Crippen LogP contribution in [0.3, 0.4) is 0 Å². The van der Waals surface area contributed by atoms with Crippen molar-refractivity contribution in [2.24, 2.45) is 0 Å². The molecule has 0 fully saturated rings. The second kappa shape index (κ2) is 8.45. The minimum absolute atomic E-state index is 0.481. The lowest BCUT2D eigenvalue weighted by molar-refractivity contribution is 0.174. The van der Waals surface area contributed by atoms with E-state index in [9.17, 15) is 5.11 Å². The Kier molecular flexibility index (Phi) is 6.25. The highest BCUT2D eigenvalue weighted by molar-refractivity contribution is 5.28. The molecule has 2 aromatic carbocycles. The molecule has 3 nitrogen and oxygen atoms in total. The molecule has 0 spiro atoms. The Labute approximate surface area is 126 Å². The highest BCUT2D eigenvalue weighted by Gasteiger charge is 2.06. The van der Waals surface area contributed by atoms with Gasteiger partial charge in [0.15, 0.2) is 0 Å². The van der Waals surface area contributed by atoms with Gasteiger partial charge >= 0.3 is 0 Å². The Morgan fingerprint density at radius 1 is 1.10 bits per heavy atom. The predicted molar refractivity (Wildman–Crippen MR) is 85.3 cm³/mol. The molecule has 0 aromatic heterocycles. The smallest absolute Gasteiger partial charge is 0.119 e. The van der Waals surface area contributed by atoms with Crippen LogP contribution in [0, 0.1) is 0 Å². The van der Waals surface area contributed by atoms with Crippen molar-refractivity contribution in [2.45, 2.75) is 26.0 Å². The van der Waals surface area contributed by atoms with Crippen LogP contribution in [-0.2, 0) is 6.54 Å². The summed E-state index contributed by atoms with van der Waals surface area (Å²) in [6.07, 6.45) is 0.525. The van der Waals surface area contributed by atoms with Crippen molar-refractivity contribution in [3.8, 4) is 5.75 Å².